The lowest BCUT2D eigenvalue weighted by Gasteiger charge is -2.26. The molecule has 0 unspecified atom stereocenters. The average Bonchev–Trinajstić information content (AvgIpc) is 3.27. The Morgan fingerprint density at radius 3 is 2.74 bits per heavy atom. The van der Waals surface area contributed by atoms with Crippen molar-refractivity contribution in [3.63, 3.8) is 0 Å². The molecule has 1 fully saturated rings. The lowest BCUT2D eigenvalue weighted by Crippen LogP contribution is -2.36. The van der Waals surface area contributed by atoms with Crippen LogP contribution in [-0.2, 0) is 18.5 Å². The molecule has 1 amide bonds. The van der Waals surface area contributed by atoms with Gasteiger partial charge in [0, 0.05) is 53.3 Å². The Labute approximate surface area is 159 Å². The number of benzene rings is 1. The van der Waals surface area contributed by atoms with E-state index in [2.05, 4.69) is 48.6 Å². The maximum Gasteiger partial charge on any atom is 0.274 e. The van der Waals surface area contributed by atoms with E-state index in [-0.39, 0.29) is 11.4 Å². The minimum Gasteiger partial charge on any atom is -0.358 e. The van der Waals surface area contributed by atoms with Gasteiger partial charge in [0.2, 0.25) is 0 Å². The van der Waals surface area contributed by atoms with E-state index in [0.29, 0.717) is 18.2 Å². The summed E-state index contributed by atoms with van der Waals surface area (Å²) in [4.78, 5) is 18.7. The van der Waals surface area contributed by atoms with Gasteiger partial charge in [0.15, 0.2) is 5.69 Å². The Balaban J connectivity index is 1.47. The smallest absolute Gasteiger partial charge is 0.274 e. The second kappa shape index (κ2) is 5.72. The molecule has 0 saturated heterocycles. The lowest BCUT2D eigenvalue weighted by molar-refractivity contribution is 0.0727. The molecule has 1 aliphatic carbocycles. The highest BCUT2D eigenvalue weighted by Crippen LogP contribution is 2.42. The van der Waals surface area contributed by atoms with Crippen molar-refractivity contribution in [2.24, 2.45) is 0 Å². The fraction of sp³-hybridized carbons (Fsp3) is 0.455. The number of hydrogen-bond donors (Lipinski definition) is 1. The molecular formula is C22H26N4O. The molecule has 5 heteroatoms. The van der Waals surface area contributed by atoms with Gasteiger partial charge < -0.3 is 9.88 Å². The van der Waals surface area contributed by atoms with Crippen LogP contribution in [0.15, 0.2) is 30.3 Å². The molecule has 0 radical (unpaired) electrons. The van der Waals surface area contributed by atoms with Crippen molar-refractivity contribution in [3.8, 4) is 0 Å². The van der Waals surface area contributed by atoms with Gasteiger partial charge in [-0.1, -0.05) is 18.2 Å². The number of amides is 1. The fourth-order valence-corrected chi connectivity index (χ4v) is 4.21. The van der Waals surface area contributed by atoms with Crippen LogP contribution in [-0.4, -0.2) is 32.1 Å². The first-order valence-corrected chi connectivity index (χ1v) is 9.90. The zero-order chi connectivity index (χ0) is 18.8. The van der Waals surface area contributed by atoms with Crippen molar-refractivity contribution < 1.29 is 4.79 Å². The molecule has 3 aromatic rings. The van der Waals surface area contributed by atoms with Crippen LogP contribution in [0.3, 0.4) is 0 Å². The molecule has 2 aliphatic rings. The van der Waals surface area contributed by atoms with E-state index in [4.69, 9.17) is 5.10 Å². The highest BCUT2D eigenvalue weighted by Gasteiger charge is 2.34. The largest absolute Gasteiger partial charge is 0.358 e. The zero-order valence-corrected chi connectivity index (χ0v) is 16.2. The molecule has 0 spiro atoms. The van der Waals surface area contributed by atoms with Gasteiger partial charge in [-0.2, -0.15) is 5.10 Å². The molecule has 1 aromatic carbocycles. The van der Waals surface area contributed by atoms with Crippen LogP contribution in [0.2, 0.25) is 0 Å². The molecule has 1 aliphatic heterocycles. The molecule has 1 N–H and O–H groups in total. The first kappa shape index (κ1) is 16.6. The number of para-hydroxylation sites is 1. The summed E-state index contributed by atoms with van der Waals surface area (Å²) in [5, 5.41) is 5.97. The zero-order valence-electron chi connectivity index (χ0n) is 16.2. The van der Waals surface area contributed by atoms with E-state index in [1.165, 1.54) is 35.2 Å². The first-order valence-electron chi connectivity index (χ1n) is 9.90. The van der Waals surface area contributed by atoms with Crippen molar-refractivity contribution >= 4 is 16.8 Å². The number of aromatic amines is 1. The second-order valence-corrected chi connectivity index (χ2v) is 8.92. The van der Waals surface area contributed by atoms with E-state index < -0.39 is 0 Å². The van der Waals surface area contributed by atoms with Crippen LogP contribution in [0.25, 0.3) is 10.9 Å². The predicted molar refractivity (Wildman–Crippen MR) is 106 cm³/mol. The summed E-state index contributed by atoms with van der Waals surface area (Å²) in [6.45, 7) is 7.84. The number of carbonyl (C=O) groups is 1. The summed E-state index contributed by atoms with van der Waals surface area (Å²) in [5.74, 6) is 0.621. The summed E-state index contributed by atoms with van der Waals surface area (Å²) in [5.41, 5.74) is 5.38. The van der Waals surface area contributed by atoms with Crippen molar-refractivity contribution in [2.45, 2.75) is 58.0 Å². The normalized spacial score (nSPS) is 17.4. The highest BCUT2D eigenvalue weighted by molar-refractivity contribution is 5.93. The van der Waals surface area contributed by atoms with Crippen molar-refractivity contribution in [1.82, 2.24) is 19.7 Å². The first-order chi connectivity index (χ1) is 12.9. The average molecular weight is 362 g/mol. The predicted octanol–water partition coefficient (Wildman–Crippen LogP) is 4.20. The van der Waals surface area contributed by atoms with E-state index in [1.807, 2.05) is 17.0 Å². The van der Waals surface area contributed by atoms with Gasteiger partial charge in [0.25, 0.3) is 5.91 Å². The minimum atomic E-state index is -0.109. The van der Waals surface area contributed by atoms with E-state index in [1.54, 1.807) is 0 Å². The molecule has 0 bridgehead atoms. The third-order valence-corrected chi connectivity index (χ3v) is 5.76. The van der Waals surface area contributed by atoms with Crippen LogP contribution >= 0.6 is 0 Å². The standard InChI is InChI=1S/C22H26N4O/c1-22(2,3)26-20(14-8-9-14)12-19(24-26)21(27)25-11-10-18-16(13-25)15-6-4-5-7-17(15)23-18/h4-7,12,14,23H,8-11,13H2,1-3H3. The van der Waals surface area contributed by atoms with Crippen molar-refractivity contribution in [2.75, 3.05) is 6.54 Å². The van der Waals surface area contributed by atoms with E-state index in [9.17, 15) is 4.79 Å². The molecule has 1 saturated carbocycles. The number of nitrogens with zero attached hydrogens (tertiary/aromatic N) is 3. The third kappa shape index (κ3) is 2.76. The molecule has 3 heterocycles. The lowest BCUT2D eigenvalue weighted by atomic mass is 10.0. The minimum absolute atomic E-state index is 0.0517. The van der Waals surface area contributed by atoms with E-state index >= 15 is 0 Å². The number of fused-ring (bicyclic) bond motifs is 3. The molecule has 5 rings (SSSR count). The molecule has 140 valence electrons. The van der Waals surface area contributed by atoms with Gasteiger partial charge in [0.05, 0.1) is 5.54 Å². The number of carbonyl (C=O) groups excluding carboxylic acids is 1. The van der Waals surface area contributed by atoms with Gasteiger partial charge in [-0.3, -0.25) is 9.48 Å². The summed E-state index contributed by atoms with van der Waals surface area (Å²) in [6, 6.07) is 10.4. The molecular weight excluding hydrogens is 336 g/mol. The van der Waals surface area contributed by atoms with Gasteiger partial charge in [-0.05, 0) is 45.7 Å². The summed E-state index contributed by atoms with van der Waals surface area (Å²) < 4.78 is 2.07. The molecule has 5 nitrogen and oxygen atoms in total. The quantitative estimate of drug-likeness (QED) is 0.743. The topological polar surface area (TPSA) is 53.9 Å². The van der Waals surface area contributed by atoms with Crippen molar-refractivity contribution in [3.05, 3.63) is 53.0 Å². The summed E-state index contributed by atoms with van der Waals surface area (Å²) in [7, 11) is 0. The van der Waals surface area contributed by atoms with Crippen LogP contribution in [0.5, 0.6) is 0 Å². The molecule has 27 heavy (non-hydrogen) atoms. The Kier molecular flexibility index (Phi) is 3.51. The van der Waals surface area contributed by atoms with Crippen LogP contribution in [0, 0.1) is 0 Å². The monoisotopic (exact) mass is 362 g/mol. The fourth-order valence-electron chi connectivity index (χ4n) is 4.21. The van der Waals surface area contributed by atoms with E-state index in [0.717, 1.165) is 18.5 Å². The summed E-state index contributed by atoms with van der Waals surface area (Å²) in [6.07, 6.45) is 3.28. The number of aromatic nitrogens is 3. The SMILES string of the molecule is CC(C)(C)n1nc(C(=O)N2CCc3[nH]c4ccccc4c3C2)cc1C1CC1. The van der Waals surface area contributed by atoms with Crippen LogP contribution in [0.1, 0.15) is 67.0 Å². The Morgan fingerprint density at radius 1 is 1.22 bits per heavy atom. The highest BCUT2D eigenvalue weighted by atomic mass is 16.2. The molecule has 0 atom stereocenters. The van der Waals surface area contributed by atoms with Gasteiger partial charge in [0.1, 0.15) is 0 Å². The Morgan fingerprint density at radius 2 is 2.00 bits per heavy atom. The second-order valence-electron chi connectivity index (χ2n) is 8.92. The van der Waals surface area contributed by atoms with Gasteiger partial charge >= 0.3 is 0 Å². The Hall–Kier alpha value is -2.56. The maximum atomic E-state index is 13.2. The number of H-pyrrole nitrogens is 1. The number of rotatable bonds is 2. The third-order valence-electron chi connectivity index (χ3n) is 5.76. The van der Waals surface area contributed by atoms with Gasteiger partial charge in [-0.15, -0.1) is 0 Å². The maximum absolute atomic E-state index is 13.2. The van der Waals surface area contributed by atoms with Gasteiger partial charge in [-0.25, -0.2) is 0 Å². The number of nitrogens with one attached hydrogen (secondary N) is 1. The molecule has 2 aromatic heterocycles. The van der Waals surface area contributed by atoms with Crippen molar-refractivity contribution in [1.29, 1.82) is 0 Å². The number of hydrogen-bond acceptors (Lipinski definition) is 2. The summed E-state index contributed by atoms with van der Waals surface area (Å²) >= 11 is 0. The Bertz CT molecular complexity index is 1030. The van der Waals surface area contributed by atoms with Crippen LogP contribution < -0.4 is 0 Å². The van der Waals surface area contributed by atoms with Crippen LogP contribution in [0.4, 0.5) is 0 Å².